The molecule has 0 saturated heterocycles. The van der Waals surface area contributed by atoms with Crippen molar-refractivity contribution in [2.24, 2.45) is 50.2 Å². The van der Waals surface area contributed by atoms with Gasteiger partial charge in [0.25, 0.3) is 0 Å². The zero-order chi connectivity index (χ0) is 25.1. The number of rotatable bonds is 1. The van der Waals surface area contributed by atoms with Gasteiger partial charge in [0.15, 0.2) is 0 Å². The Morgan fingerprint density at radius 3 is 2.21 bits per heavy atom. The molecule has 0 spiro atoms. The molecule has 5 aliphatic rings. The molecule has 0 bridgehead atoms. The minimum Gasteiger partial charge on any atom is -0.396 e. The summed E-state index contributed by atoms with van der Waals surface area (Å²) in [5.74, 6) is 1.29. The van der Waals surface area contributed by atoms with Crippen LogP contribution in [0.5, 0.6) is 0 Å². The summed E-state index contributed by atoms with van der Waals surface area (Å²) in [4.78, 5) is 12.9. The average Bonchev–Trinajstić information content (AvgIpc) is 2.71. The van der Waals surface area contributed by atoms with Gasteiger partial charge in [0.05, 0.1) is 24.2 Å². The molecule has 192 valence electrons. The van der Waals surface area contributed by atoms with Crippen LogP contribution in [0.1, 0.15) is 99.8 Å². The number of aliphatic hydroxyl groups excluding tert-OH is 3. The van der Waals surface area contributed by atoms with E-state index in [1.165, 1.54) is 5.57 Å². The monoisotopic (exact) mass is 472 g/mol. The molecule has 4 heteroatoms. The van der Waals surface area contributed by atoms with Gasteiger partial charge in [0, 0.05) is 11.8 Å². The maximum absolute atomic E-state index is 12.9. The number of hydrogen-bond acceptors (Lipinski definition) is 4. The molecule has 0 heterocycles. The first-order valence-electron chi connectivity index (χ1n) is 13.8. The number of fused-ring (bicyclic) bond motifs is 7. The normalized spacial score (nSPS) is 53.6. The fraction of sp³-hybridized carbons (Fsp3) is 0.900. The lowest BCUT2D eigenvalue weighted by atomic mass is 9.33. The van der Waals surface area contributed by atoms with Crippen LogP contribution in [0.15, 0.2) is 11.6 Å². The van der Waals surface area contributed by atoms with Crippen molar-refractivity contribution in [3.05, 3.63) is 11.6 Å². The molecule has 0 aliphatic heterocycles. The molecule has 3 unspecified atom stereocenters. The van der Waals surface area contributed by atoms with Gasteiger partial charge in [-0.25, -0.2) is 0 Å². The van der Waals surface area contributed by atoms with Gasteiger partial charge >= 0.3 is 0 Å². The highest BCUT2D eigenvalue weighted by molar-refractivity contribution is 5.85. The summed E-state index contributed by atoms with van der Waals surface area (Å²) in [6.45, 7) is 15.9. The third-order valence-corrected chi connectivity index (χ3v) is 12.9. The van der Waals surface area contributed by atoms with Gasteiger partial charge in [-0.3, -0.25) is 4.79 Å². The average molecular weight is 473 g/mol. The van der Waals surface area contributed by atoms with E-state index in [1.54, 1.807) is 0 Å². The summed E-state index contributed by atoms with van der Waals surface area (Å²) in [5, 5.41) is 33.7. The van der Waals surface area contributed by atoms with Crippen molar-refractivity contribution in [1.29, 1.82) is 0 Å². The minimum absolute atomic E-state index is 0.00215. The molecule has 34 heavy (non-hydrogen) atoms. The molecule has 5 aliphatic carbocycles. The van der Waals surface area contributed by atoms with Crippen molar-refractivity contribution in [2.75, 3.05) is 6.61 Å². The molecule has 4 nitrogen and oxygen atoms in total. The number of ketones is 1. The van der Waals surface area contributed by atoms with Crippen LogP contribution in [0.3, 0.4) is 0 Å². The highest BCUT2D eigenvalue weighted by Gasteiger charge is 2.71. The predicted molar refractivity (Wildman–Crippen MR) is 134 cm³/mol. The van der Waals surface area contributed by atoms with Gasteiger partial charge in [-0.1, -0.05) is 60.1 Å². The van der Waals surface area contributed by atoms with Crippen LogP contribution < -0.4 is 0 Å². The fourth-order valence-corrected chi connectivity index (χ4v) is 10.7. The summed E-state index contributed by atoms with van der Waals surface area (Å²) in [6, 6.07) is 0. The topological polar surface area (TPSA) is 77.8 Å². The van der Waals surface area contributed by atoms with Gasteiger partial charge in [-0.05, 0) is 84.4 Å². The zero-order valence-corrected chi connectivity index (χ0v) is 22.6. The number of allylic oxidation sites excluding steroid dienone is 2. The fourth-order valence-electron chi connectivity index (χ4n) is 10.7. The second-order valence-corrected chi connectivity index (χ2v) is 15.1. The van der Waals surface area contributed by atoms with Crippen molar-refractivity contribution in [3.63, 3.8) is 0 Å². The van der Waals surface area contributed by atoms with Crippen molar-refractivity contribution >= 4 is 5.78 Å². The minimum atomic E-state index is -0.857. The quantitative estimate of drug-likeness (QED) is 0.453. The van der Waals surface area contributed by atoms with Gasteiger partial charge in [-0.2, -0.15) is 0 Å². The first kappa shape index (κ1) is 25.0. The number of hydrogen-bond donors (Lipinski definition) is 3. The van der Waals surface area contributed by atoms with E-state index in [0.29, 0.717) is 36.9 Å². The highest BCUT2D eigenvalue weighted by Crippen LogP contribution is 2.75. The van der Waals surface area contributed by atoms with Gasteiger partial charge < -0.3 is 15.3 Å². The standard InChI is InChI=1S/C30H48O4/c1-25(2)14-19-18-8-9-21-27(5)12-11-22(32)26(3,4)20(27)10-13-28(21,6)29(18,7)16-24(34)30(19,17-31)23(33)15-25/h8,19-21,23-24,31,33-34H,9-17H2,1-7H3/t19?,20?,21?,23-,24+,27-,28+,29+,30+/m0/s1. The highest BCUT2D eigenvalue weighted by atomic mass is 16.3. The van der Waals surface area contributed by atoms with Crippen LogP contribution in [0, 0.1) is 50.2 Å². The Bertz CT molecular complexity index is 919. The zero-order valence-electron chi connectivity index (χ0n) is 22.6. The molecular weight excluding hydrogens is 424 g/mol. The molecule has 0 aromatic rings. The van der Waals surface area contributed by atoms with E-state index in [1.807, 2.05) is 0 Å². The Balaban J connectivity index is 1.63. The SMILES string of the molecule is CC1(C)CC2C3=CCC4[C@@]5(C)CCC(=O)C(C)(C)C5CC[C@@]4(C)[C@]3(C)C[C@@H](O)[C@@]2(CO)[C@@H](O)C1. The summed E-state index contributed by atoms with van der Waals surface area (Å²) < 4.78 is 0. The Morgan fingerprint density at radius 2 is 1.56 bits per heavy atom. The lowest BCUT2D eigenvalue weighted by molar-refractivity contribution is -0.227. The molecule has 4 saturated carbocycles. The van der Waals surface area contributed by atoms with Crippen molar-refractivity contribution in [2.45, 2.75) is 112 Å². The summed E-state index contributed by atoms with van der Waals surface area (Å²) in [5.41, 5.74) is 0.192. The van der Waals surface area contributed by atoms with Crippen LogP contribution in [0.25, 0.3) is 0 Å². The van der Waals surface area contributed by atoms with E-state index >= 15 is 0 Å². The smallest absolute Gasteiger partial charge is 0.138 e. The van der Waals surface area contributed by atoms with Gasteiger partial charge in [-0.15, -0.1) is 0 Å². The van der Waals surface area contributed by atoms with Crippen molar-refractivity contribution < 1.29 is 20.1 Å². The maximum Gasteiger partial charge on any atom is 0.138 e. The first-order valence-corrected chi connectivity index (χ1v) is 13.8. The molecule has 5 rings (SSSR count). The Kier molecular flexibility index (Phi) is 5.28. The van der Waals surface area contributed by atoms with E-state index in [0.717, 1.165) is 32.1 Å². The molecule has 9 atom stereocenters. The maximum atomic E-state index is 12.9. The second-order valence-electron chi connectivity index (χ2n) is 15.1. The van der Waals surface area contributed by atoms with Crippen LogP contribution in [0.2, 0.25) is 0 Å². The summed E-state index contributed by atoms with van der Waals surface area (Å²) in [6.07, 6.45) is 7.95. The summed E-state index contributed by atoms with van der Waals surface area (Å²) in [7, 11) is 0. The molecule has 3 N–H and O–H groups in total. The number of carbonyl (C=O) groups excluding carboxylic acids is 1. The largest absolute Gasteiger partial charge is 0.396 e. The number of carbonyl (C=O) groups is 1. The van der Waals surface area contributed by atoms with Crippen molar-refractivity contribution in [3.8, 4) is 0 Å². The third kappa shape index (κ3) is 2.80. The van der Waals surface area contributed by atoms with Crippen LogP contribution in [0.4, 0.5) is 0 Å². The van der Waals surface area contributed by atoms with Gasteiger partial charge in [0.2, 0.25) is 0 Å². The lowest BCUT2D eigenvalue weighted by Gasteiger charge is -2.71. The van der Waals surface area contributed by atoms with Gasteiger partial charge in [0.1, 0.15) is 5.78 Å². The molecule has 4 fully saturated rings. The van der Waals surface area contributed by atoms with Crippen LogP contribution in [-0.2, 0) is 4.79 Å². The Hall–Kier alpha value is -0.710. The van der Waals surface area contributed by atoms with E-state index in [2.05, 4.69) is 54.5 Å². The van der Waals surface area contributed by atoms with E-state index in [-0.39, 0.29) is 39.6 Å². The van der Waals surface area contributed by atoms with E-state index in [9.17, 15) is 20.1 Å². The Labute approximate surface area is 206 Å². The van der Waals surface area contributed by atoms with E-state index < -0.39 is 17.6 Å². The first-order chi connectivity index (χ1) is 15.6. The number of aliphatic hydroxyl groups is 3. The summed E-state index contributed by atoms with van der Waals surface area (Å²) >= 11 is 0. The predicted octanol–water partition coefficient (Wildman–Crippen LogP) is 5.29. The van der Waals surface area contributed by atoms with Crippen molar-refractivity contribution in [1.82, 2.24) is 0 Å². The molecule has 0 amide bonds. The molecule has 0 aromatic heterocycles. The van der Waals surface area contributed by atoms with E-state index in [4.69, 9.17) is 0 Å². The van der Waals surface area contributed by atoms with Crippen LogP contribution in [-0.4, -0.2) is 39.9 Å². The second kappa shape index (κ2) is 7.19. The third-order valence-electron chi connectivity index (χ3n) is 12.9. The molecular formula is C30H48O4. The molecule has 0 aromatic carbocycles. The lowest BCUT2D eigenvalue weighted by Crippen LogP contribution is -2.69. The van der Waals surface area contributed by atoms with Crippen LogP contribution >= 0.6 is 0 Å². The Morgan fingerprint density at radius 1 is 0.912 bits per heavy atom. The molecule has 0 radical (unpaired) electrons. The number of Topliss-reactive ketones (excluding diaryl/α,β-unsaturated/α-hetero) is 1.